The van der Waals surface area contributed by atoms with E-state index >= 15 is 0 Å². The van der Waals surface area contributed by atoms with E-state index in [2.05, 4.69) is 47.6 Å². The van der Waals surface area contributed by atoms with Crippen LogP contribution < -0.4 is 5.32 Å². The van der Waals surface area contributed by atoms with Gasteiger partial charge in [-0.3, -0.25) is 4.79 Å². The van der Waals surface area contributed by atoms with Crippen molar-refractivity contribution in [2.45, 2.75) is 19.0 Å². The number of hydrogen-bond acceptors (Lipinski definition) is 3. The Morgan fingerprint density at radius 1 is 1.07 bits per heavy atom. The number of nitrogens with zero attached hydrogens (tertiary/aromatic N) is 2. The van der Waals surface area contributed by atoms with Crippen molar-refractivity contribution < 1.29 is 4.79 Å². The van der Waals surface area contributed by atoms with Crippen LogP contribution in [0.4, 0.5) is 0 Å². The number of benzene rings is 2. The Balaban J connectivity index is 0.00000150. The second-order valence-electron chi connectivity index (χ2n) is 7.47. The van der Waals surface area contributed by atoms with Crippen LogP contribution in [0.25, 0.3) is 6.08 Å². The van der Waals surface area contributed by atoms with Gasteiger partial charge in [-0.2, -0.15) is 0 Å². The van der Waals surface area contributed by atoms with Crippen LogP contribution in [-0.2, 0) is 17.8 Å². The largest absolute Gasteiger partial charge is 0.330 e. The molecule has 4 nitrogen and oxygen atoms in total. The molecule has 0 spiro atoms. The molecule has 1 saturated heterocycles. The summed E-state index contributed by atoms with van der Waals surface area (Å²) in [6, 6.07) is 16.8. The lowest BCUT2D eigenvalue weighted by molar-refractivity contribution is -0.130. The molecule has 1 N–H and O–H groups in total. The van der Waals surface area contributed by atoms with Gasteiger partial charge in [0.25, 0.3) is 0 Å². The number of rotatable bonds is 3. The van der Waals surface area contributed by atoms with Gasteiger partial charge in [-0.25, -0.2) is 0 Å². The van der Waals surface area contributed by atoms with Gasteiger partial charge < -0.3 is 15.1 Å². The number of hydrogen-bond donors (Lipinski definition) is 1. The zero-order chi connectivity index (χ0) is 18.6. The SMILES string of the molecule is CN1CCN(C(=O)/C=C/c2cccc3c2CCNC3)C(c2ccccc2)C1.Cl.Cl. The van der Waals surface area contributed by atoms with E-state index in [4.69, 9.17) is 0 Å². The highest BCUT2D eigenvalue weighted by Crippen LogP contribution is 2.26. The molecule has 0 saturated carbocycles. The van der Waals surface area contributed by atoms with Crippen LogP contribution in [0.1, 0.15) is 28.3 Å². The summed E-state index contributed by atoms with van der Waals surface area (Å²) in [5.41, 5.74) is 5.09. The number of fused-ring (bicyclic) bond motifs is 1. The fourth-order valence-electron chi connectivity index (χ4n) is 4.12. The van der Waals surface area contributed by atoms with Crippen molar-refractivity contribution in [2.24, 2.45) is 0 Å². The zero-order valence-corrected chi connectivity index (χ0v) is 18.3. The molecule has 0 radical (unpaired) electrons. The topological polar surface area (TPSA) is 35.6 Å². The van der Waals surface area contributed by atoms with E-state index in [1.807, 2.05) is 29.2 Å². The molecule has 1 unspecified atom stereocenters. The van der Waals surface area contributed by atoms with Crippen molar-refractivity contribution in [1.82, 2.24) is 15.1 Å². The van der Waals surface area contributed by atoms with Crippen LogP contribution in [0.5, 0.6) is 0 Å². The van der Waals surface area contributed by atoms with E-state index in [9.17, 15) is 4.79 Å². The fourth-order valence-corrected chi connectivity index (χ4v) is 4.12. The van der Waals surface area contributed by atoms with Crippen molar-refractivity contribution in [3.8, 4) is 0 Å². The first-order chi connectivity index (χ1) is 13.2. The predicted octanol–water partition coefficient (Wildman–Crippen LogP) is 3.70. The van der Waals surface area contributed by atoms with E-state index in [1.54, 1.807) is 6.08 Å². The monoisotopic (exact) mass is 433 g/mol. The highest BCUT2D eigenvalue weighted by Gasteiger charge is 2.29. The van der Waals surface area contributed by atoms with Crippen LogP contribution in [0.15, 0.2) is 54.6 Å². The Hall–Kier alpha value is -1.85. The molecular weight excluding hydrogens is 405 g/mol. The number of piperazine rings is 1. The fraction of sp³-hybridized carbons (Fsp3) is 0.348. The smallest absolute Gasteiger partial charge is 0.247 e. The Morgan fingerprint density at radius 2 is 1.86 bits per heavy atom. The van der Waals surface area contributed by atoms with Gasteiger partial charge in [0, 0.05) is 32.3 Å². The highest BCUT2D eigenvalue weighted by molar-refractivity contribution is 5.92. The van der Waals surface area contributed by atoms with E-state index in [-0.39, 0.29) is 36.8 Å². The molecule has 29 heavy (non-hydrogen) atoms. The molecule has 2 aliphatic rings. The average Bonchev–Trinajstić information content (AvgIpc) is 2.72. The van der Waals surface area contributed by atoms with Crippen molar-refractivity contribution in [1.29, 1.82) is 0 Å². The number of halogens is 2. The average molecular weight is 434 g/mol. The molecule has 4 rings (SSSR count). The summed E-state index contributed by atoms with van der Waals surface area (Å²) in [5, 5.41) is 3.41. The molecular formula is C23H29Cl2N3O. The van der Waals surface area contributed by atoms with Gasteiger partial charge in [0.05, 0.1) is 6.04 Å². The molecule has 1 fully saturated rings. The molecule has 2 heterocycles. The molecule has 1 atom stereocenters. The second kappa shape index (κ2) is 10.8. The minimum Gasteiger partial charge on any atom is -0.330 e. The standard InChI is InChI=1S/C23H27N3O.2ClH/c1-25-14-15-26(22(17-25)19-6-3-2-4-7-19)23(27)11-10-18-8-5-9-20-16-24-13-12-21(18)20;;/h2-11,22,24H,12-17H2,1H3;2*1H/b11-10+;;. The minimum absolute atomic E-state index is 0. The maximum Gasteiger partial charge on any atom is 0.247 e. The summed E-state index contributed by atoms with van der Waals surface area (Å²) < 4.78 is 0. The third-order valence-corrected chi connectivity index (χ3v) is 5.63. The highest BCUT2D eigenvalue weighted by atomic mass is 35.5. The molecule has 0 aliphatic carbocycles. The quantitative estimate of drug-likeness (QED) is 0.749. The van der Waals surface area contributed by atoms with Gasteiger partial charge in [0.15, 0.2) is 0 Å². The van der Waals surface area contributed by atoms with Crippen LogP contribution in [-0.4, -0.2) is 48.9 Å². The van der Waals surface area contributed by atoms with Crippen molar-refractivity contribution >= 4 is 36.8 Å². The lowest BCUT2D eigenvalue weighted by Gasteiger charge is -2.40. The molecule has 156 valence electrons. The maximum absolute atomic E-state index is 13.0. The normalized spacial score (nSPS) is 19.2. The molecule has 2 aliphatic heterocycles. The Morgan fingerprint density at radius 3 is 2.66 bits per heavy atom. The van der Waals surface area contributed by atoms with E-state index in [0.717, 1.165) is 39.1 Å². The first-order valence-electron chi connectivity index (χ1n) is 9.76. The molecule has 1 amide bonds. The summed E-state index contributed by atoms with van der Waals surface area (Å²) in [5.74, 6) is 0.100. The lowest BCUT2D eigenvalue weighted by atomic mass is 9.95. The molecule has 0 aromatic heterocycles. The Labute approximate surface area is 185 Å². The number of likely N-dealkylation sites (N-methyl/N-ethyl adjacent to an activating group) is 1. The van der Waals surface area contributed by atoms with Gasteiger partial charge >= 0.3 is 0 Å². The molecule has 6 heteroatoms. The van der Waals surface area contributed by atoms with E-state index in [0.29, 0.717) is 0 Å². The van der Waals surface area contributed by atoms with Crippen molar-refractivity contribution in [2.75, 3.05) is 33.2 Å². The Bertz CT molecular complexity index is 841. The minimum atomic E-state index is 0. The lowest BCUT2D eigenvalue weighted by Crippen LogP contribution is -2.48. The van der Waals surface area contributed by atoms with E-state index < -0.39 is 0 Å². The Kier molecular flexibility index (Phi) is 8.72. The summed E-state index contributed by atoms with van der Waals surface area (Å²) in [4.78, 5) is 17.4. The first-order valence-corrected chi connectivity index (χ1v) is 9.76. The number of nitrogens with one attached hydrogen (secondary N) is 1. The van der Waals surface area contributed by atoms with E-state index in [1.165, 1.54) is 22.3 Å². The zero-order valence-electron chi connectivity index (χ0n) is 16.7. The van der Waals surface area contributed by atoms with Crippen LogP contribution in [0, 0.1) is 0 Å². The number of carbonyl (C=O) groups is 1. The van der Waals surface area contributed by atoms with Crippen LogP contribution >= 0.6 is 24.8 Å². The van der Waals surface area contributed by atoms with Gasteiger partial charge in [0.1, 0.15) is 0 Å². The summed E-state index contributed by atoms with van der Waals surface area (Å²) in [7, 11) is 2.12. The molecule has 2 aromatic carbocycles. The number of carbonyl (C=O) groups excluding carboxylic acids is 1. The third kappa shape index (κ3) is 5.40. The second-order valence-corrected chi connectivity index (χ2v) is 7.47. The summed E-state index contributed by atoms with van der Waals surface area (Å²) in [6.45, 7) is 4.46. The van der Waals surface area contributed by atoms with Crippen molar-refractivity contribution in [3.63, 3.8) is 0 Å². The van der Waals surface area contributed by atoms with Crippen LogP contribution in [0.2, 0.25) is 0 Å². The first kappa shape index (κ1) is 23.4. The summed E-state index contributed by atoms with van der Waals surface area (Å²) in [6.07, 6.45) is 4.79. The maximum atomic E-state index is 13.0. The van der Waals surface area contributed by atoms with Gasteiger partial charge in [-0.05, 0) is 48.3 Å². The molecule has 2 aromatic rings. The third-order valence-electron chi connectivity index (χ3n) is 5.63. The van der Waals surface area contributed by atoms with Crippen LogP contribution in [0.3, 0.4) is 0 Å². The van der Waals surface area contributed by atoms with Gasteiger partial charge in [-0.15, -0.1) is 24.8 Å². The van der Waals surface area contributed by atoms with Gasteiger partial charge in [0.2, 0.25) is 5.91 Å². The van der Waals surface area contributed by atoms with Crippen molar-refractivity contribution in [3.05, 3.63) is 76.9 Å². The molecule has 0 bridgehead atoms. The van der Waals surface area contributed by atoms with Gasteiger partial charge in [-0.1, -0.05) is 48.5 Å². The number of amides is 1. The predicted molar refractivity (Wildman–Crippen MR) is 124 cm³/mol. The summed E-state index contributed by atoms with van der Waals surface area (Å²) >= 11 is 0.